The monoisotopic (exact) mass is 297 g/mol. The zero-order valence-corrected chi connectivity index (χ0v) is 11.7. The fourth-order valence-corrected chi connectivity index (χ4v) is 1.85. The summed E-state index contributed by atoms with van der Waals surface area (Å²) in [5.41, 5.74) is 6.10. The number of benzene rings is 2. The summed E-state index contributed by atoms with van der Waals surface area (Å²) in [5.74, 6) is -0.362. The van der Waals surface area contributed by atoms with Crippen molar-refractivity contribution in [2.75, 3.05) is 6.54 Å². The van der Waals surface area contributed by atoms with Gasteiger partial charge in [0.15, 0.2) is 5.43 Å². The molecule has 0 aliphatic rings. The lowest BCUT2D eigenvalue weighted by Crippen LogP contribution is -2.10. The van der Waals surface area contributed by atoms with E-state index >= 15 is 0 Å². The Morgan fingerprint density at radius 3 is 2.27 bits per heavy atom. The summed E-state index contributed by atoms with van der Waals surface area (Å²) >= 11 is 0. The smallest absolute Gasteiger partial charge is 0.317 e. The SMILES string of the molecule is NCC(=O)O.O=c1cc(-c2ccccc2)oc2ccccc12. The molecule has 0 aliphatic heterocycles. The molecule has 0 aliphatic carbocycles. The lowest BCUT2D eigenvalue weighted by atomic mass is 10.1. The van der Waals surface area contributed by atoms with Crippen LogP contribution in [-0.2, 0) is 4.79 Å². The Bertz CT molecular complexity index is 825. The van der Waals surface area contributed by atoms with E-state index in [0.29, 0.717) is 16.7 Å². The number of nitrogens with two attached hydrogens (primary N) is 1. The van der Waals surface area contributed by atoms with Gasteiger partial charge in [0.25, 0.3) is 0 Å². The van der Waals surface area contributed by atoms with E-state index in [0.717, 1.165) is 5.56 Å². The first-order valence-corrected chi connectivity index (χ1v) is 6.62. The summed E-state index contributed by atoms with van der Waals surface area (Å²) in [7, 11) is 0. The quantitative estimate of drug-likeness (QED) is 0.758. The standard InChI is InChI=1S/C15H10O2.C2H5NO2/c16-13-10-15(11-6-2-1-3-7-11)17-14-9-5-4-8-12(13)14;3-1-2(4)5/h1-10H;1,3H2,(H,4,5). The second kappa shape index (κ2) is 7.19. The Balaban J connectivity index is 0.000000309. The van der Waals surface area contributed by atoms with E-state index in [1.807, 2.05) is 48.5 Å². The molecule has 112 valence electrons. The van der Waals surface area contributed by atoms with Gasteiger partial charge in [0, 0.05) is 11.6 Å². The number of carboxylic acid groups (broad SMARTS) is 1. The molecule has 3 rings (SSSR count). The second-order valence-corrected chi connectivity index (χ2v) is 4.43. The normalized spacial score (nSPS) is 9.86. The minimum atomic E-state index is -0.968. The predicted molar refractivity (Wildman–Crippen MR) is 84.6 cm³/mol. The minimum Gasteiger partial charge on any atom is -0.480 e. The zero-order valence-electron chi connectivity index (χ0n) is 11.7. The molecule has 1 aromatic heterocycles. The number of carbonyl (C=O) groups is 1. The Kier molecular flexibility index (Phi) is 5.06. The maximum atomic E-state index is 11.9. The van der Waals surface area contributed by atoms with Gasteiger partial charge >= 0.3 is 5.97 Å². The van der Waals surface area contributed by atoms with Gasteiger partial charge in [-0.2, -0.15) is 0 Å². The van der Waals surface area contributed by atoms with Crippen LogP contribution in [0.15, 0.2) is 69.9 Å². The summed E-state index contributed by atoms with van der Waals surface area (Å²) in [6.07, 6.45) is 0. The van der Waals surface area contributed by atoms with Gasteiger partial charge in [-0.3, -0.25) is 9.59 Å². The van der Waals surface area contributed by atoms with E-state index in [4.69, 9.17) is 9.52 Å². The van der Waals surface area contributed by atoms with E-state index in [-0.39, 0.29) is 12.0 Å². The zero-order chi connectivity index (χ0) is 15.9. The molecule has 5 heteroatoms. The van der Waals surface area contributed by atoms with Crippen LogP contribution in [0.5, 0.6) is 0 Å². The largest absolute Gasteiger partial charge is 0.480 e. The molecular formula is C17H15NO4. The van der Waals surface area contributed by atoms with E-state index in [2.05, 4.69) is 5.73 Å². The predicted octanol–water partition coefficient (Wildman–Crippen LogP) is 2.49. The van der Waals surface area contributed by atoms with Gasteiger partial charge < -0.3 is 15.3 Å². The Labute approximate surface area is 126 Å². The number of hydrogen-bond donors (Lipinski definition) is 2. The van der Waals surface area contributed by atoms with E-state index in [1.165, 1.54) is 6.07 Å². The molecule has 3 aromatic rings. The van der Waals surface area contributed by atoms with Crippen molar-refractivity contribution in [3.8, 4) is 11.3 Å². The molecule has 0 amide bonds. The van der Waals surface area contributed by atoms with Gasteiger partial charge in [-0.05, 0) is 12.1 Å². The molecule has 2 aromatic carbocycles. The number of carboxylic acids is 1. The molecule has 3 N–H and O–H groups in total. The first kappa shape index (κ1) is 15.5. The van der Waals surface area contributed by atoms with Crippen LogP contribution in [0, 0.1) is 0 Å². The van der Waals surface area contributed by atoms with E-state index in [1.54, 1.807) is 6.07 Å². The Morgan fingerprint density at radius 2 is 1.64 bits per heavy atom. The molecule has 0 radical (unpaired) electrons. The van der Waals surface area contributed by atoms with E-state index in [9.17, 15) is 9.59 Å². The average Bonchev–Trinajstić information content (AvgIpc) is 2.56. The lowest BCUT2D eigenvalue weighted by molar-refractivity contribution is -0.135. The minimum absolute atomic E-state index is 0.00861. The highest BCUT2D eigenvalue weighted by molar-refractivity contribution is 5.78. The van der Waals surface area contributed by atoms with Gasteiger partial charge in [0.05, 0.1) is 11.9 Å². The molecule has 0 spiro atoms. The lowest BCUT2D eigenvalue weighted by Gasteiger charge is -2.02. The molecule has 0 atom stereocenters. The summed E-state index contributed by atoms with van der Waals surface area (Å²) in [5, 5.41) is 8.21. The molecule has 1 heterocycles. The third-order valence-electron chi connectivity index (χ3n) is 2.87. The molecule has 22 heavy (non-hydrogen) atoms. The van der Waals surface area contributed by atoms with Crippen LogP contribution in [0.25, 0.3) is 22.3 Å². The van der Waals surface area contributed by atoms with Crippen molar-refractivity contribution in [1.29, 1.82) is 0 Å². The number of aliphatic carboxylic acids is 1. The fourth-order valence-electron chi connectivity index (χ4n) is 1.85. The molecule has 0 saturated carbocycles. The van der Waals surface area contributed by atoms with Crippen molar-refractivity contribution in [1.82, 2.24) is 0 Å². The maximum Gasteiger partial charge on any atom is 0.317 e. The summed E-state index contributed by atoms with van der Waals surface area (Å²) in [6.45, 7) is -0.278. The van der Waals surface area contributed by atoms with Gasteiger partial charge in [-0.1, -0.05) is 42.5 Å². The van der Waals surface area contributed by atoms with Crippen molar-refractivity contribution in [3.63, 3.8) is 0 Å². The topological polar surface area (TPSA) is 93.5 Å². The maximum absolute atomic E-state index is 11.9. The summed E-state index contributed by atoms with van der Waals surface area (Å²) in [6, 6.07) is 18.4. The number of para-hydroxylation sites is 1. The third kappa shape index (κ3) is 3.80. The van der Waals surface area contributed by atoms with Crippen molar-refractivity contribution >= 4 is 16.9 Å². The van der Waals surface area contributed by atoms with Gasteiger partial charge in [-0.25, -0.2) is 0 Å². The molecule has 5 nitrogen and oxygen atoms in total. The summed E-state index contributed by atoms with van der Waals surface area (Å²) < 4.78 is 5.73. The number of hydrogen-bond acceptors (Lipinski definition) is 4. The molecule has 0 bridgehead atoms. The van der Waals surface area contributed by atoms with Crippen molar-refractivity contribution < 1.29 is 14.3 Å². The van der Waals surface area contributed by atoms with Crippen LogP contribution in [0.4, 0.5) is 0 Å². The van der Waals surface area contributed by atoms with Crippen LogP contribution in [0.3, 0.4) is 0 Å². The van der Waals surface area contributed by atoms with Crippen LogP contribution in [0.1, 0.15) is 0 Å². The number of rotatable bonds is 2. The summed E-state index contributed by atoms with van der Waals surface area (Å²) in [4.78, 5) is 21.2. The fraction of sp³-hybridized carbons (Fsp3) is 0.0588. The number of fused-ring (bicyclic) bond motifs is 1. The first-order valence-electron chi connectivity index (χ1n) is 6.62. The molecule has 0 fully saturated rings. The van der Waals surface area contributed by atoms with Gasteiger partial charge in [0.1, 0.15) is 11.3 Å². The van der Waals surface area contributed by atoms with Crippen molar-refractivity contribution in [3.05, 3.63) is 70.9 Å². The van der Waals surface area contributed by atoms with Crippen LogP contribution >= 0.6 is 0 Å². The molecule has 0 saturated heterocycles. The third-order valence-corrected chi connectivity index (χ3v) is 2.87. The van der Waals surface area contributed by atoms with Crippen LogP contribution in [0.2, 0.25) is 0 Å². The highest BCUT2D eigenvalue weighted by atomic mass is 16.4. The van der Waals surface area contributed by atoms with Gasteiger partial charge in [0.2, 0.25) is 0 Å². The Morgan fingerprint density at radius 1 is 1.05 bits per heavy atom. The van der Waals surface area contributed by atoms with Crippen molar-refractivity contribution in [2.45, 2.75) is 0 Å². The second-order valence-electron chi connectivity index (χ2n) is 4.43. The molecular weight excluding hydrogens is 282 g/mol. The van der Waals surface area contributed by atoms with Crippen molar-refractivity contribution in [2.24, 2.45) is 5.73 Å². The van der Waals surface area contributed by atoms with Crippen LogP contribution in [-0.4, -0.2) is 17.6 Å². The highest BCUT2D eigenvalue weighted by Crippen LogP contribution is 2.21. The average molecular weight is 297 g/mol. The first-order chi connectivity index (χ1) is 10.6. The Hall–Kier alpha value is -2.92. The molecule has 0 unspecified atom stereocenters. The van der Waals surface area contributed by atoms with Crippen LogP contribution < -0.4 is 11.2 Å². The van der Waals surface area contributed by atoms with Gasteiger partial charge in [-0.15, -0.1) is 0 Å². The highest BCUT2D eigenvalue weighted by Gasteiger charge is 2.05. The van der Waals surface area contributed by atoms with E-state index < -0.39 is 5.97 Å².